The Hall–Kier alpha value is -1.82. The van der Waals surface area contributed by atoms with E-state index in [0.717, 1.165) is 20.3 Å². The molecule has 0 aliphatic heterocycles. The van der Waals surface area contributed by atoms with E-state index in [1.807, 2.05) is 13.8 Å². The minimum Gasteiger partial charge on any atom is -0.478 e. The number of allylic oxidation sites excluding steroid dienone is 1. The van der Waals surface area contributed by atoms with Crippen LogP contribution in [-0.2, 0) is 10.8 Å². The summed E-state index contributed by atoms with van der Waals surface area (Å²) in [6.45, 7) is 13.2. The maximum atomic E-state index is 11.3. The van der Waals surface area contributed by atoms with Gasteiger partial charge in [0.1, 0.15) is 5.75 Å². The first-order valence-corrected chi connectivity index (χ1v) is 11.0. The van der Waals surface area contributed by atoms with Gasteiger partial charge in [-0.15, -0.1) is 0 Å². The molecule has 0 heterocycles. The predicted octanol–water partition coefficient (Wildman–Crippen LogP) is 7.09. The first-order chi connectivity index (χ1) is 13.4. The van der Waals surface area contributed by atoms with Gasteiger partial charge in [0.2, 0.25) is 0 Å². The number of hydrogen-bond donors (Lipinski definition) is 1. The number of halogens is 1. The highest BCUT2D eigenvalue weighted by molar-refractivity contribution is 14.1. The van der Waals surface area contributed by atoms with E-state index in [4.69, 9.17) is 4.74 Å². The molecule has 0 unspecified atom stereocenters. The van der Waals surface area contributed by atoms with Crippen LogP contribution < -0.4 is 4.74 Å². The molecule has 1 aliphatic rings. The summed E-state index contributed by atoms with van der Waals surface area (Å²) >= 11 is 2.14. The molecule has 154 valence electrons. The molecule has 0 aromatic heterocycles. The number of carbonyl (C=O) groups is 1. The quantitative estimate of drug-likeness (QED) is 0.357. The van der Waals surface area contributed by atoms with Crippen LogP contribution in [0.25, 0.3) is 5.57 Å². The Morgan fingerprint density at radius 2 is 1.69 bits per heavy atom. The second-order valence-corrected chi connectivity index (χ2v) is 10.4. The smallest absolute Gasteiger partial charge is 0.335 e. The fourth-order valence-corrected chi connectivity index (χ4v) is 4.63. The Morgan fingerprint density at radius 3 is 2.31 bits per heavy atom. The van der Waals surface area contributed by atoms with Gasteiger partial charge in [-0.1, -0.05) is 45.9 Å². The normalized spacial score (nSPS) is 17.6. The number of rotatable bonds is 4. The zero-order chi connectivity index (χ0) is 21.6. The fourth-order valence-electron chi connectivity index (χ4n) is 4.04. The molecular weight excluding hydrogens is 475 g/mol. The topological polar surface area (TPSA) is 46.5 Å². The molecule has 29 heavy (non-hydrogen) atoms. The molecule has 1 N–H and O–H groups in total. The summed E-state index contributed by atoms with van der Waals surface area (Å²) in [4.78, 5) is 11.3. The third-order valence-electron chi connectivity index (χ3n) is 6.25. The number of fused-ring (bicyclic) bond motifs is 1. The minimum atomic E-state index is -0.918. The van der Waals surface area contributed by atoms with Gasteiger partial charge >= 0.3 is 5.97 Å². The van der Waals surface area contributed by atoms with Crippen molar-refractivity contribution in [3.8, 4) is 5.75 Å². The highest BCUT2D eigenvalue weighted by Gasteiger charge is 2.36. The van der Waals surface area contributed by atoms with E-state index in [9.17, 15) is 9.90 Å². The molecule has 4 heteroatoms. The van der Waals surface area contributed by atoms with Crippen LogP contribution in [0.5, 0.6) is 5.75 Å². The molecule has 2 aromatic rings. The van der Waals surface area contributed by atoms with Crippen LogP contribution in [0.15, 0.2) is 36.6 Å². The lowest BCUT2D eigenvalue weighted by Gasteiger charge is -2.42. The fraction of sp³-hybridized carbons (Fsp3) is 0.400. The number of carboxylic acid groups (broad SMARTS) is 1. The second-order valence-electron chi connectivity index (χ2n) is 9.30. The number of aromatic carboxylic acids is 1. The molecule has 0 saturated carbocycles. The van der Waals surface area contributed by atoms with Gasteiger partial charge in [0.15, 0.2) is 0 Å². The molecule has 0 saturated heterocycles. The zero-order valence-electron chi connectivity index (χ0n) is 18.0. The largest absolute Gasteiger partial charge is 0.478 e. The molecule has 0 amide bonds. The van der Waals surface area contributed by atoms with Crippen molar-refractivity contribution < 1.29 is 14.6 Å². The molecule has 0 radical (unpaired) electrons. The highest BCUT2D eigenvalue weighted by atomic mass is 127. The van der Waals surface area contributed by atoms with E-state index in [0.29, 0.717) is 11.3 Å². The van der Waals surface area contributed by atoms with E-state index >= 15 is 0 Å². The van der Waals surface area contributed by atoms with Gasteiger partial charge in [0, 0.05) is 0 Å². The third-order valence-corrected chi connectivity index (χ3v) is 7.59. The van der Waals surface area contributed by atoms with Crippen LogP contribution in [0.1, 0.15) is 80.1 Å². The van der Waals surface area contributed by atoms with Crippen LogP contribution in [0.4, 0.5) is 0 Å². The average molecular weight is 504 g/mol. The molecule has 3 rings (SSSR count). The number of benzene rings is 2. The van der Waals surface area contributed by atoms with E-state index in [1.54, 1.807) is 18.4 Å². The molecular formula is C25H29IO3. The van der Waals surface area contributed by atoms with E-state index in [-0.39, 0.29) is 10.8 Å². The van der Waals surface area contributed by atoms with E-state index < -0.39 is 5.97 Å². The van der Waals surface area contributed by atoms with Crippen LogP contribution in [0.3, 0.4) is 0 Å². The van der Waals surface area contributed by atoms with Gasteiger partial charge in [0.05, 0.1) is 15.4 Å². The molecule has 0 bridgehead atoms. The van der Waals surface area contributed by atoms with Crippen molar-refractivity contribution in [1.29, 1.82) is 0 Å². The molecule has 0 fully saturated rings. The first kappa shape index (κ1) is 21.9. The van der Waals surface area contributed by atoms with Crippen molar-refractivity contribution in [1.82, 2.24) is 0 Å². The summed E-state index contributed by atoms with van der Waals surface area (Å²) in [6, 6.07) is 10.1. The van der Waals surface area contributed by atoms with Gasteiger partial charge in [0.25, 0.3) is 0 Å². The summed E-state index contributed by atoms with van der Waals surface area (Å²) in [7, 11) is 0. The summed E-state index contributed by atoms with van der Waals surface area (Å²) < 4.78 is 6.76. The van der Waals surface area contributed by atoms with Gasteiger partial charge < -0.3 is 9.84 Å². The summed E-state index contributed by atoms with van der Waals surface area (Å²) in [5.74, 6) is -0.245. The Balaban J connectivity index is 1.92. The molecule has 3 nitrogen and oxygen atoms in total. The lowest BCUT2D eigenvalue weighted by Crippen LogP contribution is -2.33. The second kappa shape index (κ2) is 7.78. The minimum absolute atomic E-state index is 0.168. The van der Waals surface area contributed by atoms with Gasteiger partial charge in [-0.3, -0.25) is 0 Å². The standard InChI is InChI=1S/C25H29IO3/c1-15(14-29-21-10-8-18(23(27)28)16(2)22(21)26)17-7-9-19-20(13-17)25(5,6)12-11-24(19,3)4/h7-10,13-14H,11-12H2,1-6H3,(H,27,28). The number of hydrogen-bond acceptors (Lipinski definition) is 2. The van der Waals surface area contributed by atoms with E-state index in [2.05, 4.69) is 68.5 Å². The molecule has 0 atom stereocenters. The van der Waals surface area contributed by atoms with Crippen molar-refractivity contribution in [2.24, 2.45) is 0 Å². The lowest BCUT2D eigenvalue weighted by atomic mass is 9.63. The van der Waals surface area contributed by atoms with Crippen LogP contribution >= 0.6 is 22.6 Å². The van der Waals surface area contributed by atoms with Crippen molar-refractivity contribution in [3.05, 3.63) is 68.0 Å². The Labute approximate surface area is 187 Å². The van der Waals surface area contributed by atoms with Crippen molar-refractivity contribution in [3.63, 3.8) is 0 Å². The van der Waals surface area contributed by atoms with Gasteiger partial charge in [-0.2, -0.15) is 0 Å². The molecule has 0 spiro atoms. The summed E-state index contributed by atoms with van der Waals surface area (Å²) in [5.41, 5.74) is 6.47. The van der Waals surface area contributed by atoms with Gasteiger partial charge in [-0.25, -0.2) is 4.79 Å². The van der Waals surface area contributed by atoms with Crippen molar-refractivity contribution >= 4 is 34.1 Å². The molecule has 1 aliphatic carbocycles. The van der Waals surface area contributed by atoms with Crippen LogP contribution in [-0.4, -0.2) is 11.1 Å². The number of ether oxygens (including phenoxy) is 1. The Bertz CT molecular complexity index is 999. The number of carboxylic acids is 1. The van der Waals surface area contributed by atoms with Crippen molar-refractivity contribution in [2.75, 3.05) is 0 Å². The monoisotopic (exact) mass is 504 g/mol. The Morgan fingerprint density at radius 1 is 1.07 bits per heavy atom. The average Bonchev–Trinajstić information content (AvgIpc) is 2.66. The third kappa shape index (κ3) is 4.23. The molecule has 2 aromatic carbocycles. The maximum Gasteiger partial charge on any atom is 0.335 e. The first-order valence-electron chi connectivity index (χ1n) is 9.95. The van der Waals surface area contributed by atoms with Crippen LogP contribution in [0.2, 0.25) is 0 Å². The predicted molar refractivity (Wildman–Crippen MR) is 127 cm³/mol. The summed E-state index contributed by atoms with van der Waals surface area (Å²) in [6.07, 6.45) is 4.15. The SMILES string of the molecule is CC(=COc1ccc(C(=O)O)c(C)c1I)c1ccc2c(c1)C(C)(C)CCC2(C)C. The Kier molecular flexibility index (Phi) is 5.87. The van der Waals surface area contributed by atoms with Gasteiger partial charge in [-0.05, 0) is 100 Å². The van der Waals surface area contributed by atoms with E-state index in [1.165, 1.54) is 24.0 Å². The lowest BCUT2D eigenvalue weighted by molar-refractivity contribution is 0.0696. The maximum absolute atomic E-state index is 11.3. The van der Waals surface area contributed by atoms with Crippen LogP contribution in [0, 0.1) is 10.5 Å². The summed E-state index contributed by atoms with van der Waals surface area (Å²) in [5, 5.41) is 9.27. The van der Waals surface area contributed by atoms with Crippen molar-refractivity contribution in [2.45, 2.75) is 65.2 Å². The highest BCUT2D eigenvalue weighted by Crippen LogP contribution is 2.46. The zero-order valence-corrected chi connectivity index (χ0v) is 20.2.